The summed E-state index contributed by atoms with van der Waals surface area (Å²) in [5.74, 6) is 0.871. The summed E-state index contributed by atoms with van der Waals surface area (Å²) in [6, 6.07) is 0. The van der Waals surface area contributed by atoms with E-state index in [1.165, 1.54) is 83.5 Å². The van der Waals surface area contributed by atoms with Gasteiger partial charge in [0.05, 0.1) is 6.10 Å². The quantitative estimate of drug-likeness (QED) is 0.411. The van der Waals surface area contributed by atoms with Gasteiger partial charge in [0.1, 0.15) is 0 Å². The maximum atomic E-state index is 6.05. The Kier molecular flexibility index (Phi) is 10.5. The molecule has 1 nitrogen and oxygen atoms in total. The van der Waals surface area contributed by atoms with E-state index in [2.05, 4.69) is 13.8 Å². The summed E-state index contributed by atoms with van der Waals surface area (Å²) in [7, 11) is 0. The lowest BCUT2D eigenvalue weighted by Gasteiger charge is -2.32. The lowest BCUT2D eigenvalue weighted by Crippen LogP contribution is -2.29. The smallest absolute Gasteiger partial charge is 0.0603 e. The summed E-state index contributed by atoms with van der Waals surface area (Å²) in [5.41, 5.74) is 0. The van der Waals surface area contributed by atoms with Gasteiger partial charge in [-0.3, -0.25) is 0 Å². The van der Waals surface area contributed by atoms with E-state index in [-0.39, 0.29) is 0 Å². The van der Waals surface area contributed by atoms with Crippen LogP contribution in [0.5, 0.6) is 0 Å². The minimum absolute atomic E-state index is 0.594. The fraction of sp³-hybridized carbons (Fsp3) is 1.00. The Hall–Kier alpha value is -0.0400. The van der Waals surface area contributed by atoms with Crippen LogP contribution >= 0.6 is 0 Å². The molecule has 1 fully saturated rings. The summed E-state index contributed by atoms with van der Waals surface area (Å²) < 4.78 is 6.05. The largest absolute Gasteiger partial charge is 0.378 e. The summed E-state index contributed by atoms with van der Waals surface area (Å²) in [5, 5.41) is 0. The molecule has 1 heterocycles. The first-order valence-corrected chi connectivity index (χ1v) is 9.00. The van der Waals surface area contributed by atoms with Crippen LogP contribution in [0.4, 0.5) is 0 Å². The molecule has 2 atom stereocenters. The summed E-state index contributed by atoms with van der Waals surface area (Å²) in [4.78, 5) is 0. The average Bonchev–Trinajstić information content (AvgIpc) is 2.44. The van der Waals surface area contributed by atoms with Crippen molar-refractivity contribution in [3.05, 3.63) is 0 Å². The highest BCUT2D eigenvalue weighted by Gasteiger charge is 2.24. The Labute approximate surface area is 121 Å². The van der Waals surface area contributed by atoms with Gasteiger partial charge in [-0.15, -0.1) is 0 Å². The zero-order valence-electron chi connectivity index (χ0n) is 13.5. The summed E-state index contributed by atoms with van der Waals surface area (Å²) >= 11 is 0. The van der Waals surface area contributed by atoms with Crippen molar-refractivity contribution < 1.29 is 4.74 Å². The van der Waals surface area contributed by atoms with E-state index in [1.54, 1.807) is 0 Å². The number of unbranched alkanes of at least 4 members (excludes halogenated alkanes) is 7. The average molecular weight is 268 g/mol. The summed E-state index contributed by atoms with van der Waals surface area (Å²) in [6.07, 6.45) is 18.6. The molecule has 114 valence electrons. The molecule has 0 bridgehead atoms. The van der Waals surface area contributed by atoms with Crippen LogP contribution in [0.3, 0.4) is 0 Å². The fourth-order valence-corrected chi connectivity index (χ4v) is 3.33. The van der Waals surface area contributed by atoms with Gasteiger partial charge in [0.2, 0.25) is 0 Å². The number of rotatable bonds is 11. The Morgan fingerprint density at radius 2 is 1.42 bits per heavy atom. The second-order valence-electron chi connectivity index (χ2n) is 6.36. The van der Waals surface area contributed by atoms with Crippen molar-refractivity contribution in [3.63, 3.8) is 0 Å². The molecule has 0 aromatic heterocycles. The second-order valence-corrected chi connectivity index (χ2v) is 6.36. The van der Waals surface area contributed by atoms with Crippen LogP contribution in [0.1, 0.15) is 97.3 Å². The summed E-state index contributed by atoms with van der Waals surface area (Å²) in [6.45, 7) is 5.60. The zero-order valence-corrected chi connectivity index (χ0v) is 13.5. The van der Waals surface area contributed by atoms with E-state index in [1.807, 2.05) is 0 Å². The highest BCUT2D eigenvalue weighted by molar-refractivity contribution is 4.74. The Bertz CT molecular complexity index is 190. The molecule has 0 N–H and O–H groups in total. The van der Waals surface area contributed by atoms with Crippen molar-refractivity contribution in [1.82, 2.24) is 0 Å². The molecule has 1 aliphatic heterocycles. The molecule has 0 saturated carbocycles. The highest BCUT2D eigenvalue weighted by atomic mass is 16.5. The van der Waals surface area contributed by atoms with Crippen LogP contribution in [-0.4, -0.2) is 12.7 Å². The SMILES string of the molecule is CCCCCCCCC1OCCCC1CCCCC. The number of ether oxygens (including phenoxy) is 1. The first-order valence-electron chi connectivity index (χ1n) is 9.00. The van der Waals surface area contributed by atoms with Crippen LogP contribution in [0.25, 0.3) is 0 Å². The Morgan fingerprint density at radius 3 is 2.21 bits per heavy atom. The van der Waals surface area contributed by atoms with Gasteiger partial charge in [0, 0.05) is 6.61 Å². The van der Waals surface area contributed by atoms with Crippen molar-refractivity contribution in [2.24, 2.45) is 5.92 Å². The molecule has 0 amide bonds. The van der Waals surface area contributed by atoms with Crippen molar-refractivity contribution >= 4 is 0 Å². The van der Waals surface area contributed by atoms with Crippen molar-refractivity contribution in [2.45, 2.75) is 103 Å². The van der Waals surface area contributed by atoms with E-state index in [0.717, 1.165) is 12.5 Å². The monoisotopic (exact) mass is 268 g/mol. The van der Waals surface area contributed by atoms with E-state index in [9.17, 15) is 0 Å². The van der Waals surface area contributed by atoms with E-state index < -0.39 is 0 Å². The Balaban J connectivity index is 2.09. The van der Waals surface area contributed by atoms with Crippen LogP contribution in [0.2, 0.25) is 0 Å². The molecule has 1 aliphatic rings. The minimum atomic E-state index is 0.594. The van der Waals surface area contributed by atoms with Gasteiger partial charge in [0.25, 0.3) is 0 Å². The predicted octanol–water partition coefficient (Wildman–Crippen LogP) is 6.11. The molecule has 1 heteroatoms. The van der Waals surface area contributed by atoms with E-state index in [4.69, 9.17) is 4.74 Å². The third-order valence-corrected chi connectivity index (χ3v) is 4.60. The lowest BCUT2D eigenvalue weighted by molar-refractivity contribution is -0.0352. The molecule has 1 rings (SSSR count). The third kappa shape index (κ3) is 7.97. The van der Waals surface area contributed by atoms with Crippen LogP contribution in [-0.2, 0) is 4.74 Å². The highest BCUT2D eigenvalue weighted by Crippen LogP contribution is 2.29. The predicted molar refractivity (Wildman–Crippen MR) is 84.6 cm³/mol. The standard InChI is InChI=1S/C18H36O/c1-3-5-7-8-9-11-15-18-17(13-10-6-4-2)14-12-16-19-18/h17-18H,3-16H2,1-2H3. The van der Waals surface area contributed by atoms with Crippen LogP contribution in [0.15, 0.2) is 0 Å². The van der Waals surface area contributed by atoms with Crippen molar-refractivity contribution in [3.8, 4) is 0 Å². The van der Waals surface area contributed by atoms with Crippen LogP contribution < -0.4 is 0 Å². The molecule has 0 spiro atoms. The second kappa shape index (κ2) is 11.8. The van der Waals surface area contributed by atoms with Gasteiger partial charge in [-0.2, -0.15) is 0 Å². The van der Waals surface area contributed by atoms with Gasteiger partial charge < -0.3 is 4.74 Å². The Morgan fingerprint density at radius 1 is 0.789 bits per heavy atom. The molecular weight excluding hydrogens is 232 g/mol. The lowest BCUT2D eigenvalue weighted by atomic mass is 9.86. The van der Waals surface area contributed by atoms with Gasteiger partial charge in [-0.1, -0.05) is 71.6 Å². The maximum absolute atomic E-state index is 6.05. The molecule has 19 heavy (non-hydrogen) atoms. The van der Waals surface area contributed by atoms with Gasteiger partial charge in [-0.25, -0.2) is 0 Å². The topological polar surface area (TPSA) is 9.23 Å². The maximum Gasteiger partial charge on any atom is 0.0603 e. The molecule has 0 aromatic rings. The fourth-order valence-electron chi connectivity index (χ4n) is 3.33. The van der Waals surface area contributed by atoms with Gasteiger partial charge in [0.15, 0.2) is 0 Å². The normalized spacial score (nSPS) is 23.7. The van der Waals surface area contributed by atoms with Gasteiger partial charge >= 0.3 is 0 Å². The minimum Gasteiger partial charge on any atom is -0.378 e. The number of hydrogen-bond acceptors (Lipinski definition) is 1. The molecule has 1 saturated heterocycles. The van der Waals surface area contributed by atoms with E-state index in [0.29, 0.717) is 6.10 Å². The molecule has 0 radical (unpaired) electrons. The molecule has 0 aromatic carbocycles. The third-order valence-electron chi connectivity index (χ3n) is 4.60. The van der Waals surface area contributed by atoms with Crippen molar-refractivity contribution in [2.75, 3.05) is 6.61 Å². The molecular formula is C18H36O. The molecule has 0 aliphatic carbocycles. The van der Waals surface area contributed by atoms with Crippen LogP contribution in [0, 0.1) is 5.92 Å². The zero-order chi connectivity index (χ0) is 13.8. The first-order chi connectivity index (χ1) is 9.38. The van der Waals surface area contributed by atoms with E-state index >= 15 is 0 Å². The first kappa shape index (κ1) is 17.0. The van der Waals surface area contributed by atoms with Crippen molar-refractivity contribution in [1.29, 1.82) is 0 Å². The number of hydrogen-bond donors (Lipinski definition) is 0. The molecule has 2 unspecified atom stereocenters. The van der Waals surface area contributed by atoms with Gasteiger partial charge in [-0.05, 0) is 31.6 Å².